The molecule has 1 aromatic carbocycles. The molecular weight excluding hydrogens is 532 g/mol. The van der Waals surface area contributed by atoms with Crippen molar-refractivity contribution in [2.45, 2.75) is 56.6 Å². The molecule has 2 aliphatic rings. The van der Waals surface area contributed by atoms with Crippen molar-refractivity contribution >= 4 is 17.0 Å². The predicted octanol–water partition coefficient (Wildman–Crippen LogP) is 6.38. The predicted molar refractivity (Wildman–Crippen MR) is 129 cm³/mol. The quantitative estimate of drug-likeness (QED) is 0.287. The van der Waals surface area contributed by atoms with Gasteiger partial charge in [-0.3, -0.25) is 4.68 Å². The fraction of sp³-hybridized carbons (Fsp3) is 0.480. The molecule has 2 aromatic heterocycles. The number of rotatable bonds is 9. The zero-order valence-electron chi connectivity index (χ0n) is 20.1. The Hall–Kier alpha value is -2.93. The van der Waals surface area contributed by atoms with E-state index in [0.29, 0.717) is 31.0 Å². The zero-order chi connectivity index (χ0) is 26.9. The van der Waals surface area contributed by atoms with E-state index in [9.17, 15) is 26.3 Å². The highest BCUT2D eigenvalue weighted by Gasteiger charge is 2.47. The molecule has 0 radical (unpaired) electrons. The molecule has 0 saturated carbocycles. The third-order valence-corrected chi connectivity index (χ3v) is 7.90. The highest BCUT2D eigenvalue weighted by Crippen LogP contribution is 2.39. The van der Waals surface area contributed by atoms with E-state index in [-0.39, 0.29) is 24.4 Å². The van der Waals surface area contributed by atoms with Crippen molar-refractivity contribution in [2.24, 2.45) is 5.16 Å². The minimum Gasteiger partial charge on any atom is -0.385 e. The largest absolute Gasteiger partial charge is 0.385 e. The van der Waals surface area contributed by atoms with Gasteiger partial charge >= 0.3 is 5.92 Å². The molecule has 1 unspecified atom stereocenters. The smallest absolute Gasteiger partial charge is 0.312 e. The summed E-state index contributed by atoms with van der Waals surface area (Å²) < 4.78 is 82.8. The van der Waals surface area contributed by atoms with Crippen molar-refractivity contribution in [3.05, 3.63) is 69.4 Å². The minimum absolute atomic E-state index is 0.0508. The molecule has 3 aromatic rings. The Balaban J connectivity index is 1.14. The number of likely N-dealkylation sites (tertiary alicyclic amines) is 1. The number of alkyl halides is 6. The molecule has 0 N–H and O–H groups in total. The van der Waals surface area contributed by atoms with Gasteiger partial charge in [-0.25, -0.2) is 22.5 Å². The number of hydrogen-bond donors (Lipinski definition) is 0. The van der Waals surface area contributed by atoms with E-state index in [1.54, 1.807) is 23.6 Å². The molecule has 0 bridgehead atoms. The van der Waals surface area contributed by atoms with Gasteiger partial charge in [0, 0.05) is 29.8 Å². The Kier molecular flexibility index (Phi) is 7.75. The fourth-order valence-corrected chi connectivity index (χ4v) is 5.73. The van der Waals surface area contributed by atoms with Crippen LogP contribution in [0.25, 0.3) is 0 Å². The molecule has 1 fully saturated rings. The maximum atomic E-state index is 14.9. The number of hydrogen-bond acceptors (Lipinski definition) is 6. The first kappa shape index (κ1) is 26.7. The van der Waals surface area contributed by atoms with Crippen molar-refractivity contribution < 1.29 is 31.2 Å². The number of benzene rings is 1. The molecule has 13 heteroatoms. The summed E-state index contributed by atoms with van der Waals surface area (Å²) in [5, 5.41) is 10.2. The van der Waals surface area contributed by atoms with Crippen LogP contribution in [0.4, 0.5) is 26.3 Å². The average molecular weight is 558 g/mol. The zero-order valence-corrected chi connectivity index (χ0v) is 20.9. The molecule has 204 valence electrons. The van der Waals surface area contributed by atoms with E-state index in [2.05, 4.69) is 20.1 Å². The average Bonchev–Trinajstić information content (AvgIpc) is 3.68. The lowest BCUT2D eigenvalue weighted by molar-refractivity contribution is -0.131. The van der Waals surface area contributed by atoms with Gasteiger partial charge in [0.15, 0.2) is 0 Å². The first-order valence-electron chi connectivity index (χ1n) is 12.2. The fourth-order valence-electron chi connectivity index (χ4n) is 4.73. The second-order valence-electron chi connectivity index (χ2n) is 9.33. The third-order valence-electron chi connectivity index (χ3n) is 6.89. The van der Waals surface area contributed by atoms with Crippen molar-refractivity contribution in [2.75, 3.05) is 19.6 Å². The Morgan fingerprint density at radius 1 is 1.03 bits per heavy atom. The van der Waals surface area contributed by atoms with Gasteiger partial charge in [0.05, 0.1) is 17.2 Å². The van der Waals surface area contributed by atoms with Gasteiger partial charge in [0.2, 0.25) is 6.10 Å². The summed E-state index contributed by atoms with van der Waals surface area (Å²) in [5.74, 6) is -3.02. The van der Waals surface area contributed by atoms with E-state index in [0.717, 1.165) is 28.6 Å². The van der Waals surface area contributed by atoms with E-state index < -0.39 is 36.3 Å². The molecule has 0 aliphatic carbocycles. The van der Waals surface area contributed by atoms with Gasteiger partial charge in [-0.2, -0.15) is 13.9 Å². The number of oxime groups is 1. The van der Waals surface area contributed by atoms with Crippen molar-refractivity contribution in [3.8, 4) is 0 Å². The molecule has 1 saturated heterocycles. The Labute approximate surface area is 218 Å². The lowest BCUT2D eigenvalue weighted by Gasteiger charge is -2.31. The number of aromatic nitrogens is 3. The van der Waals surface area contributed by atoms with Crippen molar-refractivity contribution in [3.63, 3.8) is 0 Å². The standard InChI is InChI=1S/C25H25F6N5OS/c26-22(27)18-12-20(23(28)29)36(33-18)11-10-35-8-6-15(7-9-35)24-32-19(14-38-24)17-13-21(37-34-17)25(30,31)16-4-2-1-3-5-16/h1-5,12,14-15,21-23H,6-11,13H2. The number of nitrogens with zero attached hydrogens (tertiary/aromatic N) is 5. The van der Waals surface area contributed by atoms with Crippen LogP contribution in [0.1, 0.15) is 65.7 Å². The first-order valence-corrected chi connectivity index (χ1v) is 13.1. The molecular formula is C25H25F6N5OS. The summed E-state index contributed by atoms with van der Waals surface area (Å²) in [6, 6.07) is 8.27. The van der Waals surface area contributed by atoms with E-state index in [1.165, 1.54) is 23.5 Å². The van der Waals surface area contributed by atoms with Crippen molar-refractivity contribution in [1.82, 2.24) is 19.7 Å². The molecule has 0 amide bonds. The number of piperidine rings is 1. The molecule has 5 rings (SSSR count). The van der Waals surface area contributed by atoms with Crippen LogP contribution in [-0.2, 0) is 17.3 Å². The maximum Gasteiger partial charge on any atom is 0.312 e. The summed E-state index contributed by atoms with van der Waals surface area (Å²) >= 11 is 1.45. The first-order chi connectivity index (χ1) is 18.2. The van der Waals surface area contributed by atoms with Crippen LogP contribution in [0.5, 0.6) is 0 Å². The lowest BCUT2D eigenvalue weighted by Crippen LogP contribution is -2.35. The second kappa shape index (κ2) is 11.0. The highest BCUT2D eigenvalue weighted by atomic mass is 32.1. The van der Waals surface area contributed by atoms with Crippen LogP contribution in [0.3, 0.4) is 0 Å². The van der Waals surface area contributed by atoms with Gasteiger partial charge in [-0.05, 0) is 32.0 Å². The summed E-state index contributed by atoms with van der Waals surface area (Å²) in [4.78, 5) is 11.8. The molecule has 0 spiro atoms. The number of thiazole rings is 1. The molecule has 2 aliphatic heterocycles. The van der Waals surface area contributed by atoms with E-state index >= 15 is 0 Å². The molecule has 1 atom stereocenters. The van der Waals surface area contributed by atoms with Gasteiger partial charge < -0.3 is 9.74 Å². The third kappa shape index (κ3) is 5.58. The Bertz CT molecular complexity index is 1260. The second-order valence-corrected chi connectivity index (χ2v) is 10.2. The SMILES string of the molecule is FC(F)c1cc(C(F)F)n(CCN2CCC(c3nc(C4=NOC(C(F)(F)c5ccccc5)C4)cs3)CC2)n1. The van der Waals surface area contributed by atoms with Crippen LogP contribution in [0.2, 0.25) is 0 Å². The van der Waals surface area contributed by atoms with Crippen LogP contribution in [0, 0.1) is 0 Å². The maximum absolute atomic E-state index is 14.9. The van der Waals surface area contributed by atoms with Crippen LogP contribution in [0.15, 0.2) is 46.9 Å². The van der Waals surface area contributed by atoms with E-state index in [1.807, 2.05) is 0 Å². The van der Waals surface area contributed by atoms with Gasteiger partial charge in [0.1, 0.15) is 17.1 Å². The Morgan fingerprint density at radius 2 is 1.76 bits per heavy atom. The summed E-state index contributed by atoms with van der Waals surface area (Å²) in [7, 11) is 0. The van der Waals surface area contributed by atoms with Gasteiger partial charge in [-0.1, -0.05) is 35.5 Å². The minimum atomic E-state index is -3.19. The summed E-state index contributed by atoms with van der Waals surface area (Å²) in [5.41, 5.74) is -0.353. The van der Waals surface area contributed by atoms with Gasteiger partial charge in [-0.15, -0.1) is 11.3 Å². The number of halogens is 6. The van der Waals surface area contributed by atoms with Crippen LogP contribution in [-0.4, -0.2) is 51.1 Å². The summed E-state index contributed by atoms with van der Waals surface area (Å²) in [6.07, 6.45) is -5.69. The monoisotopic (exact) mass is 557 g/mol. The van der Waals surface area contributed by atoms with Crippen LogP contribution < -0.4 is 0 Å². The molecule has 6 nitrogen and oxygen atoms in total. The molecule has 4 heterocycles. The van der Waals surface area contributed by atoms with Gasteiger partial charge in [0.25, 0.3) is 12.9 Å². The lowest BCUT2D eigenvalue weighted by atomic mass is 9.97. The van der Waals surface area contributed by atoms with Crippen molar-refractivity contribution in [1.29, 1.82) is 0 Å². The van der Waals surface area contributed by atoms with E-state index in [4.69, 9.17) is 4.84 Å². The normalized spacial score (nSPS) is 19.4. The van der Waals surface area contributed by atoms with Crippen LogP contribution >= 0.6 is 11.3 Å². The topological polar surface area (TPSA) is 55.5 Å². The highest BCUT2D eigenvalue weighted by molar-refractivity contribution is 7.10. The Morgan fingerprint density at radius 3 is 2.45 bits per heavy atom. The summed E-state index contributed by atoms with van der Waals surface area (Å²) in [6.45, 7) is 1.86. The molecule has 38 heavy (non-hydrogen) atoms.